The summed E-state index contributed by atoms with van der Waals surface area (Å²) in [5.41, 5.74) is 2.69. The molecule has 0 bridgehead atoms. The van der Waals surface area contributed by atoms with E-state index in [0.717, 1.165) is 11.1 Å². The Morgan fingerprint density at radius 1 is 0.603 bits per heavy atom. The molecule has 0 saturated carbocycles. The molecule has 4 aliphatic rings. The molecule has 6 N–H and O–H groups in total. The number of hydrogen-bond acceptors (Lipinski definition) is 19. The molecule has 0 aliphatic carbocycles. The van der Waals surface area contributed by atoms with Gasteiger partial charge in [-0.3, -0.25) is 28.8 Å². The van der Waals surface area contributed by atoms with Crippen LogP contribution in [-0.4, -0.2) is 136 Å². The monoisotopic (exact) mass is 1050 g/mol. The van der Waals surface area contributed by atoms with Crippen molar-refractivity contribution in [1.82, 2.24) is 49.7 Å². The summed E-state index contributed by atoms with van der Waals surface area (Å²) in [6.07, 6.45) is 2.42. The maximum Gasteiger partial charge on any atom is 0.481 e. The standard InChI is InChI=1S/C44H48N12O15P2/c1-3-45-43(57)53-37-31-39(49-21-47-37)55(23-51-31)41-35-33(67-29(69-35)17-15-25-11-7-5-8-12-25)27(65-41)19-63-72(59,60)71-73(61,62)64-20-28-34-36(70-30(68-34)18-16-26-13-9-6-10-14-26)42(66-28)56-24-52-32-38(48-22-50-40(32)56)54-44(58)46-4-2/h5-18,21-24,27-30,33-36,41-42H,3-4,19-20H2,1-2H3,(H,59,60)(H,61,62)(H2,45,47,49,53,57)(H2,46,48,50,54,58)/t27-,28-,29?,30?,33?,34?,35+,36?,41-,42-/m1/s1. The van der Waals surface area contributed by atoms with E-state index in [1.165, 1.54) is 34.4 Å². The van der Waals surface area contributed by atoms with Gasteiger partial charge >= 0.3 is 27.7 Å². The molecule has 7 unspecified atom stereocenters. The lowest BCUT2D eigenvalue weighted by Gasteiger charge is -2.22. The number of amides is 4. The second-order valence-corrected chi connectivity index (χ2v) is 19.5. The van der Waals surface area contributed by atoms with Crippen LogP contribution in [0.15, 0.2) is 98.1 Å². The highest BCUT2D eigenvalue weighted by Gasteiger charge is 2.56. The van der Waals surface area contributed by atoms with Crippen LogP contribution in [0.3, 0.4) is 0 Å². The SMILES string of the molecule is CCNC(=O)Nc1ncnc2c1ncn2[C@@H]1O[C@H](COP(=O)(O)OP(=O)(O)OC[C@H]2O[C@@H](n3cnc4c(NC(=O)NCC)ncnc43)[C@H]3OC(C=Cc4ccccc4)OC23)C2OC(C=Cc3ccccc3)OC21. The number of hydrogen-bond donors (Lipinski definition) is 6. The minimum absolute atomic E-state index is 0.123. The number of benzene rings is 2. The van der Waals surface area contributed by atoms with Gasteiger partial charge in [-0.25, -0.2) is 48.6 Å². The van der Waals surface area contributed by atoms with Crippen LogP contribution in [-0.2, 0) is 50.9 Å². The highest BCUT2D eigenvalue weighted by atomic mass is 31.3. The summed E-state index contributed by atoms with van der Waals surface area (Å²) in [6, 6.07) is 17.8. The van der Waals surface area contributed by atoms with Gasteiger partial charge in [0.15, 0.2) is 59.0 Å². The van der Waals surface area contributed by atoms with E-state index >= 15 is 0 Å². The van der Waals surface area contributed by atoms with E-state index in [1.807, 2.05) is 60.7 Å². The van der Waals surface area contributed by atoms with Crippen LogP contribution in [0.25, 0.3) is 34.5 Å². The zero-order valence-corrected chi connectivity index (χ0v) is 40.5. The minimum Gasteiger partial charge on any atom is -0.347 e. The topological polar surface area (TPSA) is 327 Å². The van der Waals surface area contributed by atoms with Gasteiger partial charge in [0.05, 0.1) is 25.9 Å². The molecule has 8 heterocycles. The second-order valence-electron chi connectivity index (χ2n) is 16.5. The summed E-state index contributed by atoms with van der Waals surface area (Å²) in [5.74, 6) is 0.246. The highest BCUT2D eigenvalue weighted by molar-refractivity contribution is 7.61. The molecule has 4 aliphatic heterocycles. The molecule has 0 spiro atoms. The Morgan fingerprint density at radius 3 is 1.42 bits per heavy atom. The predicted octanol–water partition coefficient (Wildman–Crippen LogP) is 4.64. The number of anilines is 2. The summed E-state index contributed by atoms with van der Waals surface area (Å²) in [7, 11) is -10.9. The summed E-state index contributed by atoms with van der Waals surface area (Å²) in [4.78, 5) is 72.4. The number of rotatable bonds is 18. The van der Waals surface area contributed by atoms with Crippen molar-refractivity contribution >= 4 is 73.8 Å². The predicted molar refractivity (Wildman–Crippen MR) is 255 cm³/mol. The third-order valence-electron chi connectivity index (χ3n) is 11.6. The molecule has 4 fully saturated rings. The molecule has 2 aromatic carbocycles. The van der Waals surface area contributed by atoms with Crippen molar-refractivity contribution in [3.05, 3.63) is 109 Å². The molecule has 73 heavy (non-hydrogen) atoms. The number of carbonyl (C=O) groups is 2. The van der Waals surface area contributed by atoms with Crippen LogP contribution in [0.4, 0.5) is 21.2 Å². The first-order valence-electron chi connectivity index (χ1n) is 22.9. The lowest BCUT2D eigenvalue weighted by atomic mass is 10.1. The Labute approximate surface area is 414 Å². The van der Waals surface area contributed by atoms with Crippen LogP contribution in [0.2, 0.25) is 0 Å². The van der Waals surface area contributed by atoms with Gasteiger partial charge in [-0.2, -0.15) is 4.31 Å². The maximum absolute atomic E-state index is 13.5. The van der Waals surface area contributed by atoms with Gasteiger partial charge in [-0.15, -0.1) is 0 Å². The van der Waals surface area contributed by atoms with E-state index in [-0.39, 0.29) is 34.0 Å². The largest absolute Gasteiger partial charge is 0.481 e. The number of phosphoric ester groups is 2. The van der Waals surface area contributed by atoms with E-state index in [2.05, 4.69) is 51.2 Å². The Kier molecular flexibility index (Phi) is 14.8. The molecular weight excluding hydrogens is 999 g/mol. The molecule has 384 valence electrons. The smallest absolute Gasteiger partial charge is 0.347 e. The molecule has 12 atom stereocenters. The molecule has 4 saturated heterocycles. The van der Waals surface area contributed by atoms with Crippen LogP contribution in [0, 0.1) is 0 Å². The molecular formula is C44H48N12O15P2. The zero-order valence-electron chi connectivity index (χ0n) is 38.7. The molecule has 4 aromatic heterocycles. The van der Waals surface area contributed by atoms with Crippen molar-refractivity contribution < 1.29 is 70.3 Å². The van der Waals surface area contributed by atoms with E-state index in [9.17, 15) is 28.5 Å². The van der Waals surface area contributed by atoms with Crippen LogP contribution >= 0.6 is 15.6 Å². The van der Waals surface area contributed by atoms with Crippen LogP contribution in [0.1, 0.15) is 37.4 Å². The Hall–Kier alpha value is -6.42. The van der Waals surface area contributed by atoms with E-state index in [1.54, 1.807) is 38.2 Å². The van der Waals surface area contributed by atoms with Gasteiger partial charge in [0, 0.05) is 13.1 Å². The van der Waals surface area contributed by atoms with E-state index < -0.39 is 103 Å². The number of nitrogens with one attached hydrogen (secondary N) is 4. The molecule has 6 aromatic rings. The van der Waals surface area contributed by atoms with Crippen LogP contribution in [0.5, 0.6) is 0 Å². The molecule has 10 rings (SSSR count). The maximum atomic E-state index is 13.5. The van der Waals surface area contributed by atoms with Crippen molar-refractivity contribution in [2.75, 3.05) is 36.9 Å². The minimum atomic E-state index is -5.43. The zero-order chi connectivity index (χ0) is 50.7. The van der Waals surface area contributed by atoms with E-state index in [4.69, 9.17) is 41.8 Å². The first-order chi connectivity index (χ1) is 35.3. The number of imidazole rings is 2. The second kappa shape index (κ2) is 21.6. The van der Waals surface area contributed by atoms with Gasteiger partial charge in [0.1, 0.15) is 49.3 Å². The fourth-order valence-electron chi connectivity index (χ4n) is 8.52. The number of carbonyl (C=O) groups excluding carboxylic acids is 2. The quantitative estimate of drug-likeness (QED) is 0.0638. The van der Waals surface area contributed by atoms with Gasteiger partial charge in [0.2, 0.25) is 0 Å². The highest BCUT2D eigenvalue weighted by Crippen LogP contribution is 2.61. The summed E-state index contributed by atoms with van der Waals surface area (Å²) >= 11 is 0. The summed E-state index contributed by atoms with van der Waals surface area (Å²) < 4.78 is 83.1. The van der Waals surface area contributed by atoms with Gasteiger partial charge < -0.3 is 48.8 Å². The van der Waals surface area contributed by atoms with Gasteiger partial charge in [-0.1, -0.05) is 72.8 Å². The molecule has 4 amide bonds. The Morgan fingerprint density at radius 2 is 1.01 bits per heavy atom. The van der Waals surface area contributed by atoms with Crippen molar-refractivity contribution in [2.24, 2.45) is 0 Å². The number of nitrogens with zero attached hydrogens (tertiary/aromatic N) is 8. The van der Waals surface area contributed by atoms with Gasteiger partial charge in [-0.05, 0) is 37.1 Å². The average molecular weight is 1050 g/mol. The summed E-state index contributed by atoms with van der Waals surface area (Å²) in [6.45, 7) is 2.83. The fraction of sp³-hybridized carbons (Fsp3) is 0.364. The normalized spacial score (nSPS) is 27.3. The first-order valence-corrected chi connectivity index (χ1v) is 25.8. The van der Waals surface area contributed by atoms with Crippen molar-refractivity contribution in [3.63, 3.8) is 0 Å². The fourth-order valence-corrected chi connectivity index (χ4v) is 10.6. The Balaban J connectivity index is 0.830. The average Bonchev–Trinajstić information content (AvgIpc) is 4.24. The molecule has 29 heteroatoms. The van der Waals surface area contributed by atoms with Crippen LogP contribution < -0.4 is 21.3 Å². The first kappa shape index (κ1) is 50.1. The third kappa shape index (κ3) is 11.2. The number of ether oxygens (including phenoxy) is 6. The number of phosphoric acid groups is 2. The van der Waals surface area contributed by atoms with E-state index in [0.29, 0.717) is 13.1 Å². The lowest BCUT2D eigenvalue weighted by Crippen LogP contribution is -2.32. The van der Waals surface area contributed by atoms with Crippen molar-refractivity contribution in [3.8, 4) is 0 Å². The van der Waals surface area contributed by atoms with Crippen molar-refractivity contribution in [2.45, 2.75) is 75.5 Å². The third-order valence-corrected chi connectivity index (χ3v) is 14.2. The Bertz CT molecular complexity index is 2890. The number of aromatic nitrogens is 8. The summed E-state index contributed by atoms with van der Waals surface area (Å²) in [5, 5.41) is 10.5. The molecule has 0 radical (unpaired) electrons. The molecule has 27 nitrogen and oxygen atoms in total. The van der Waals surface area contributed by atoms with Gasteiger partial charge in [0.25, 0.3) is 0 Å². The lowest BCUT2D eigenvalue weighted by molar-refractivity contribution is -0.133. The number of fused-ring (bicyclic) bond motifs is 4. The van der Waals surface area contributed by atoms with Crippen molar-refractivity contribution in [1.29, 1.82) is 0 Å². The number of urea groups is 2.